The van der Waals surface area contributed by atoms with Crippen molar-refractivity contribution < 1.29 is 18.6 Å². The number of anilines is 2. The molecule has 19 heavy (non-hydrogen) atoms. The van der Waals surface area contributed by atoms with Crippen LogP contribution in [-0.2, 0) is 9.84 Å². The normalized spacial score (nSPS) is 11.4. The van der Waals surface area contributed by atoms with Crippen LogP contribution in [0, 0.1) is 0 Å². The standard InChI is InChI=1S/C12H12N2O4S/c13-7-1-3-11(9(15)5-7)19(17,18)12-4-2-8(14)6-10(12)16/h1-6,15-16H,13-14H2. The van der Waals surface area contributed by atoms with Gasteiger partial charge in [0.1, 0.15) is 21.3 Å². The predicted octanol–water partition coefficient (Wildman–Crippen LogP) is 1.09. The maximum Gasteiger partial charge on any atom is 0.213 e. The van der Waals surface area contributed by atoms with E-state index in [0.29, 0.717) is 0 Å². The molecule has 0 heterocycles. The van der Waals surface area contributed by atoms with Crippen LogP contribution in [0.2, 0.25) is 0 Å². The number of rotatable bonds is 2. The Bertz CT molecular complexity index is 684. The Hall–Kier alpha value is -2.41. The number of sulfone groups is 1. The lowest BCUT2D eigenvalue weighted by Gasteiger charge is -2.09. The highest BCUT2D eigenvalue weighted by molar-refractivity contribution is 7.91. The molecule has 2 aromatic carbocycles. The van der Waals surface area contributed by atoms with Crippen LogP contribution in [0.1, 0.15) is 0 Å². The minimum atomic E-state index is -4.04. The third-order valence-electron chi connectivity index (χ3n) is 2.55. The molecule has 0 aromatic heterocycles. The van der Waals surface area contributed by atoms with Crippen LogP contribution in [0.15, 0.2) is 46.2 Å². The van der Waals surface area contributed by atoms with Gasteiger partial charge in [0.15, 0.2) is 0 Å². The van der Waals surface area contributed by atoms with Gasteiger partial charge < -0.3 is 21.7 Å². The molecule has 0 spiro atoms. The van der Waals surface area contributed by atoms with E-state index >= 15 is 0 Å². The Morgan fingerprint density at radius 3 is 1.47 bits per heavy atom. The molecule has 0 saturated carbocycles. The summed E-state index contributed by atoms with van der Waals surface area (Å²) >= 11 is 0. The fraction of sp³-hybridized carbons (Fsp3) is 0. The maximum atomic E-state index is 12.3. The molecule has 0 aliphatic rings. The van der Waals surface area contributed by atoms with Gasteiger partial charge in [-0.3, -0.25) is 0 Å². The van der Waals surface area contributed by atoms with Gasteiger partial charge in [-0.15, -0.1) is 0 Å². The van der Waals surface area contributed by atoms with Gasteiger partial charge in [0.25, 0.3) is 0 Å². The summed E-state index contributed by atoms with van der Waals surface area (Å²) in [6.45, 7) is 0. The first kappa shape index (κ1) is 13.0. The van der Waals surface area contributed by atoms with Crippen molar-refractivity contribution in [3.8, 4) is 11.5 Å². The van der Waals surface area contributed by atoms with Crippen molar-refractivity contribution in [3.05, 3.63) is 36.4 Å². The molecule has 6 N–H and O–H groups in total. The van der Waals surface area contributed by atoms with Gasteiger partial charge >= 0.3 is 0 Å². The van der Waals surface area contributed by atoms with E-state index in [1.165, 1.54) is 24.3 Å². The van der Waals surface area contributed by atoms with E-state index in [1.54, 1.807) is 0 Å². The molecule has 7 heteroatoms. The van der Waals surface area contributed by atoms with Crippen molar-refractivity contribution >= 4 is 21.2 Å². The third-order valence-corrected chi connectivity index (χ3v) is 4.39. The van der Waals surface area contributed by atoms with Crippen LogP contribution in [0.5, 0.6) is 11.5 Å². The third kappa shape index (κ3) is 2.27. The smallest absolute Gasteiger partial charge is 0.213 e. The number of benzene rings is 2. The van der Waals surface area contributed by atoms with Gasteiger partial charge in [-0.05, 0) is 24.3 Å². The molecule has 2 aromatic rings. The first-order valence-electron chi connectivity index (χ1n) is 5.24. The number of phenols is 2. The lowest BCUT2D eigenvalue weighted by atomic mass is 10.3. The van der Waals surface area contributed by atoms with Gasteiger partial charge in [0.05, 0.1) is 0 Å². The Morgan fingerprint density at radius 2 is 1.16 bits per heavy atom. The number of nitrogens with two attached hydrogens (primary N) is 2. The fourth-order valence-corrected chi connectivity index (χ4v) is 3.04. The monoisotopic (exact) mass is 280 g/mol. The summed E-state index contributed by atoms with van der Waals surface area (Å²) in [5.41, 5.74) is 11.3. The highest BCUT2D eigenvalue weighted by atomic mass is 32.2. The van der Waals surface area contributed by atoms with Crippen LogP contribution in [0.4, 0.5) is 11.4 Å². The topological polar surface area (TPSA) is 127 Å². The zero-order valence-electron chi connectivity index (χ0n) is 9.74. The molecule has 0 aliphatic carbocycles. The average molecular weight is 280 g/mol. The van der Waals surface area contributed by atoms with Crippen LogP contribution in [-0.4, -0.2) is 18.6 Å². The summed E-state index contributed by atoms with van der Waals surface area (Å²) in [6.07, 6.45) is 0. The summed E-state index contributed by atoms with van der Waals surface area (Å²) in [4.78, 5) is -0.663. The quantitative estimate of drug-likeness (QED) is 0.610. The molecule has 2 rings (SSSR count). The Labute approximate surface area is 109 Å². The SMILES string of the molecule is Nc1ccc(S(=O)(=O)c2ccc(N)cc2O)c(O)c1. The Balaban J connectivity index is 2.65. The van der Waals surface area contributed by atoms with Gasteiger partial charge in [-0.25, -0.2) is 8.42 Å². The maximum absolute atomic E-state index is 12.3. The van der Waals surface area contributed by atoms with E-state index in [2.05, 4.69) is 0 Å². The van der Waals surface area contributed by atoms with Crippen molar-refractivity contribution in [2.24, 2.45) is 0 Å². The summed E-state index contributed by atoms with van der Waals surface area (Å²) < 4.78 is 24.6. The summed E-state index contributed by atoms with van der Waals surface area (Å²) in [6, 6.07) is 7.30. The largest absolute Gasteiger partial charge is 0.506 e. The summed E-state index contributed by atoms with van der Waals surface area (Å²) in [5, 5.41) is 19.3. The molecule has 6 nitrogen and oxygen atoms in total. The summed E-state index contributed by atoms with van der Waals surface area (Å²) in [7, 11) is -4.04. The fourth-order valence-electron chi connectivity index (χ4n) is 1.64. The highest BCUT2D eigenvalue weighted by Gasteiger charge is 2.24. The van der Waals surface area contributed by atoms with Gasteiger partial charge in [-0.2, -0.15) is 0 Å². The van der Waals surface area contributed by atoms with Crippen molar-refractivity contribution in [2.45, 2.75) is 9.79 Å². The predicted molar refractivity (Wildman–Crippen MR) is 70.5 cm³/mol. The zero-order chi connectivity index (χ0) is 14.2. The lowest BCUT2D eigenvalue weighted by molar-refractivity contribution is 0.453. The molecule has 0 atom stereocenters. The number of nitrogen functional groups attached to an aromatic ring is 2. The molecule has 0 fully saturated rings. The highest BCUT2D eigenvalue weighted by Crippen LogP contribution is 2.34. The van der Waals surface area contributed by atoms with E-state index in [0.717, 1.165) is 12.1 Å². The number of phenolic OH excluding ortho intramolecular Hbond substituents is 2. The Kier molecular flexibility index (Phi) is 2.99. The van der Waals surface area contributed by atoms with E-state index in [9.17, 15) is 18.6 Å². The average Bonchev–Trinajstić information content (AvgIpc) is 2.27. The van der Waals surface area contributed by atoms with Crippen molar-refractivity contribution in [1.29, 1.82) is 0 Å². The molecule has 0 unspecified atom stereocenters. The van der Waals surface area contributed by atoms with Crippen molar-refractivity contribution in [1.82, 2.24) is 0 Å². The van der Waals surface area contributed by atoms with E-state index in [4.69, 9.17) is 11.5 Å². The molecule has 0 saturated heterocycles. The van der Waals surface area contributed by atoms with Crippen molar-refractivity contribution in [3.63, 3.8) is 0 Å². The molecular formula is C12H12N2O4S. The van der Waals surface area contributed by atoms with E-state index < -0.39 is 21.3 Å². The van der Waals surface area contributed by atoms with Gasteiger partial charge in [-0.1, -0.05) is 0 Å². The molecule has 0 amide bonds. The van der Waals surface area contributed by atoms with Gasteiger partial charge in [0, 0.05) is 23.5 Å². The van der Waals surface area contributed by atoms with E-state index in [-0.39, 0.29) is 21.2 Å². The first-order valence-corrected chi connectivity index (χ1v) is 6.73. The first-order chi connectivity index (χ1) is 8.82. The van der Waals surface area contributed by atoms with Crippen LogP contribution < -0.4 is 11.5 Å². The number of hydrogen-bond donors (Lipinski definition) is 4. The number of hydrogen-bond acceptors (Lipinski definition) is 6. The second kappa shape index (κ2) is 4.36. The molecule has 0 bridgehead atoms. The van der Waals surface area contributed by atoms with Crippen LogP contribution in [0.25, 0.3) is 0 Å². The van der Waals surface area contributed by atoms with Gasteiger partial charge in [0.2, 0.25) is 9.84 Å². The number of aromatic hydroxyl groups is 2. The van der Waals surface area contributed by atoms with Crippen molar-refractivity contribution in [2.75, 3.05) is 11.5 Å². The molecule has 100 valence electrons. The zero-order valence-corrected chi connectivity index (χ0v) is 10.6. The molecule has 0 radical (unpaired) electrons. The molecular weight excluding hydrogens is 268 g/mol. The molecule has 0 aliphatic heterocycles. The minimum Gasteiger partial charge on any atom is -0.506 e. The van der Waals surface area contributed by atoms with Crippen LogP contribution >= 0.6 is 0 Å². The summed E-state index contributed by atoms with van der Waals surface area (Å²) in [5.74, 6) is -0.951. The van der Waals surface area contributed by atoms with Crippen LogP contribution in [0.3, 0.4) is 0 Å². The second-order valence-electron chi connectivity index (χ2n) is 3.96. The minimum absolute atomic E-state index is 0.234. The van der Waals surface area contributed by atoms with E-state index in [1.807, 2.05) is 0 Å². The second-order valence-corrected chi connectivity index (χ2v) is 5.84. The Morgan fingerprint density at radius 1 is 0.789 bits per heavy atom. The lowest BCUT2D eigenvalue weighted by Crippen LogP contribution is -2.03.